The van der Waals surface area contributed by atoms with Crippen molar-refractivity contribution in [2.24, 2.45) is 27.9 Å². The molecule has 0 aliphatic carbocycles. The van der Waals surface area contributed by atoms with Gasteiger partial charge in [0.05, 0.1) is 19.1 Å². The number of nitrogens with two attached hydrogens (primary N) is 4. The molecule has 0 aromatic heterocycles. The van der Waals surface area contributed by atoms with Gasteiger partial charge >= 0.3 is 5.97 Å². The second-order valence-corrected chi connectivity index (χ2v) is 6.57. The highest BCUT2D eigenvalue weighted by Gasteiger charge is 2.31. The molecule has 15 nitrogen and oxygen atoms in total. The molecule has 15 heteroatoms. The van der Waals surface area contributed by atoms with E-state index in [0.29, 0.717) is 0 Å². The second-order valence-electron chi connectivity index (χ2n) is 6.57. The summed E-state index contributed by atoms with van der Waals surface area (Å²) in [5, 5.41) is 25.6. The van der Waals surface area contributed by atoms with Gasteiger partial charge in [-0.05, 0) is 19.8 Å². The van der Waals surface area contributed by atoms with E-state index in [9.17, 15) is 29.1 Å². The van der Waals surface area contributed by atoms with E-state index in [-0.39, 0.29) is 25.3 Å². The Kier molecular flexibility index (Phi) is 12.2. The van der Waals surface area contributed by atoms with Gasteiger partial charge in [0.2, 0.25) is 23.6 Å². The minimum Gasteiger partial charge on any atom is -0.480 e. The smallest absolute Gasteiger partial charge is 0.326 e. The first-order chi connectivity index (χ1) is 14.4. The SMILES string of the molecule is CC(O)C(NC(=O)CN)C(=O)NC(CCCN=C(N)N)C(=O)NC(CC(N)=O)C(=O)O. The molecule has 4 unspecified atom stereocenters. The Bertz CT molecular complexity index is 693. The van der Waals surface area contributed by atoms with Crippen molar-refractivity contribution in [1.29, 1.82) is 0 Å². The Morgan fingerprint density at radius 3 is 2.00 bits per heavy atom. The fraction of sp³-hybridized carbons (Fsp3) is 0.625. The average molecular weight is 446 g/mol. The highest BCUT2D eigenvalue weighted by atomic mass is 16.4. The fourth-order valence-electron chi connectivity index (χ4n) is 2.35. The van der Waals surface area contributed by atoms with Crippen LogP contribution in [0.25, 0.3) is 0 Å². The van der Waals surface area contributed by atoms with E-state index in [2.05, 4.69) is 20.9 Å². The number of rotatable bonds is 14. The number of guanidine groups is 1. The lowest BCUT2D eigenvalue weighted by molar-refractivity contribution is -0.144. The fourth-order valence-corrected chi connectivity index (χ4v) is 2.35. The molecule has 0 aromatic rings. The molecule has 0 saturated heterocycles. The number of amides is 4. The Balaban J connectivity index is 5.45. The van der Waals surface area contributed by atoms with Crippen molar-refractivity contribution in [3.8, 4) is 0 Å². The van der Waals surface area contributed by atoms with E-state index in [1.54, 1.807) is 0 Å². The second kappa shape index (κ2) is 13.7. The number of aliphatic hydroxyl groups is 1. The molecular weight excluding hydrogens is 416 g/mol. The lowest BCUT2D eigenvalue weighted by atomic mass is 10.1. The molecular formula is C16H30N8O7. The summed E-state index contributed by atoms with van der Waals surface area (Å²) in [4.78, 5) is 62.6. The molecule has 0 radical (unpaired) electrons. The molecule has 0 spiro atoms. The van der Waals surface area contributed by atoms with E-state index in [4.69, 9.17) is 28.0 Å². The molecule has 31 heavy (non-hydrogen) atoms. The third-order valence-electron chi connectivity index (χ3n) is 3.86. The number of hydrogen-bond acceptors (Lipinski definition) is 8. The van der Waals surface area contributed by atoms with Crippen molar-refractivity contribution < 1.29 is 34.2 Å². The number of primary amides is 1. The number of carboxylic acid groups (broad SMARTS) is 1. The summed E-state index contributed by atoms with van der Waals surface area (Å²) >= 11 is 0. The Labute approximate surface area is 178 Å². The van der Waals surface area contributed by atoms with E-state index in [0.717, 1.165) is 0 Å². The van der Waals surface area contributed by atoms with Crippen LogP contribution in [0.1, 0.15) is 26.2 Å². The van der Waals surface area contributed by atoms with Gasteiger partial charge < -0.3 is 49.1 Å². The van der Waals surface area contributed by atoms with Crippen LogP contribution in [0.15, 0.2) is 4.99 Å². The maximum atomic E-state index is 12.6. The van der Waals surface area contributed by atoms with Crippen molar-refractivity contribution in [2.75, 3.05) is 13.1 Å². The van der Waals surface area contributed by atoms with Crippen LogP contribution in [0.3, 0.4) is 0 Å². The minimum atomic E-state index is -1.62. The number of carboxylic acids is 1. The maximum absolute atomic E-state index is 12.6. The third-order valence-corrected chi connectivity index (χ3v) is 3.86. The van der Waals surface area contributed by atoms with Crippen LogP contribution in [0.5, 0.6) is 0 Å². The summed E-state index contributed by atoms with van der Waals surface area (Å²) in [7, 11) is 0. The van der Waals surface area contributed by atoms with Crippen molar-refractivity contribution in [1.82, 2.24) is 16.0 Å². The molecule has 0 aliphatic heterocycles. The number of carbonyl (C=O) groups is 5. The Hall–Kier alpha value is -3.46. The zero-order valence-corrected chi connectivity index (χ0v) is 17.0. The van der Waals surface area contributed by atoms with Gasteiger partial charge in [-0.2, -0.15) is 0 Å². The predicted octanol–water partition coefficient (Wildman–Crippen LogP) is -5.21. The monoisotopic (exact) mass is 446 g/mol. The summed E-state index contributed by atoms with van der Waals surface area (Å²) in [5.41, 5.74) is 20.6. The van der Waals surface area contributed by atoms with Gasteiger partial charge in [0.25, 0.3) is 0 Å². The van der Waals surface area contributed by atoms with Crippen LogP contribution in [0, 0.1) is 0 Å². The van der Waals surface area contributed by atoms with E-state index in [1.807, 2.05) is 0 Å². The summed E-state index contributed by atoms with van der Waals surface area (Å²) in [6.45, 7) is 0.907. The molecule has 13 N–H and O–H groups in total. The molecule has 0 heterocycles. The summed E-state index contributed by atoms with van der Waals surface area (Å²) < 4.78 is 0. The molecule has 0 aliphatic rings. The molecule has 176 valence electrons. The lowest BCUT2D eigenvalue weighted by Gasteiger charge is -2.25. The van der Waals surface area contributed by atoms with Crippen LogP contribution in [-0.4, -0.2) is 83.1 Å². The molecule has 0 aromatic carbocycles. The number of aliphatic hydroxyl groups excluding tert-OH is 1. The normalized spacial score (nSPS) is 14.3. The zero-order chi connectivity index (χ0) is 24.1. The molecule has 0 saturated carbocycles. The van der Waals surface area contributed by atoms with E-state index >= 15 is 0 Å². The average Bonchev–Trinajstić information content (AvgIpc) is 2.66. The third kappa shape index (κ3) is 11.3. The van der Waals surface area contributed by atoms with E-state index < -0.39 is 66.8 Å². The number of aliphatic carboxylic acids is 1. The van der Waals surface area contributed by atoms with Gasteiger partial charge in [-0.1, -0.05) is 0 Å². The molecule has 4 atom stereocenters. The van der Waals surface area contributed by atoms with Crippen LogP contribution in [-0.2, 0) is 24.0 Å². The first-order valence-corrected chi connectivity index (χ1v) is 9.23. The van der Waals surface area contributed by atoms with Gasteiger partial charge in [-0.15, -0.1) is 0 Å². The van der Waals surface area contributed by atoms with Crippen LogP contribution < -0.4 is 38.9 Å². The lowest BCUT2D eigenvalue weighted by Crippen LogP contribution is -2.59. The maximum Gasteiger partial charge on any atom is 0.326 e. The number of nitrogens with one attached hydrogen (secondary N) is 3. The number of nitrogens with zero attached hydrogens (tertiary/aromatic N) is 1. The van der Waals surface area contributed by atoms with Crippen molar-refractivity contribution in [2.45, 2.75) is 50.4 Å². The zero-order valence-electron chi connectivity index (χ0n) is 17.0. The predicted molar refractivity (Wildman–Crippen MR) is 108 cm³/mol. The molecule has 4 amide bonds. The largest absolute Gasteiger partial charge is 0.480 e. The standard InChI is InChI=1S/C16H30N8O7/c1-7(25)12(24-11(27)6-17)14(29)22-8(3-2-4-21-16(19)20)13(28)23-9(15(30)31)5-10(18)26/h7-9,12,25H,2-6,17H2,1H3,(H2,18,26)(H,22,29)(H,23,28)(H,24,27)(H,30,31)(H4,19,20,21). The number of carbonyl (C=O) groups excluding carboxylic acids is 4. The summed E-state index contributed by atoms with van der Waals surface area (Å²) in [6.07, 6.45) is -1.83. The molecule has 0 rings (SSSR count). The number of aliphatic imine (C=N–C) groups is 1. The molecule has 0 fully saturated rings. The highest BCUT2D eigenvalue weighted by molar-refractivity contribution is 5.94. The minimum absolute atomic E-state index is 0.0331. The Morgan fingerprint density at radius 2 is 1.55 bits per heavy atom. The van der Waals surface area contributed by atoms with Crippen LogP contribution >= 0.6 is 0 Å². The summed E-state index contributed by atoms with van der Waals surface area (Å²) in [6, 6.07) is -4.34. The first-order valence-electron chi connectivity index (χ1n) is 9.23. The van der Waals surface area contributed by atoms with Crippen LogP contribution in [0.4, 0.5) is 0 Å². The van der Waals surface area contributed by atoms with E-state index in [1.165, 1.54) is 6.92 Å². The van der Waals surface area contributed by atoms with Gasteiger partial charge in [0.15, 0.2) is 5.96 Å². The number of hydrogen-bond donors (Lipinski definition) is 9. The quantitative estimate of drug-likeness (QED) is 0.0694. The van der Waals surface area contributed by atoms with Gasteiger partial charge in [-0.25, -0.2) is 4.79 Å². The highest BCUT2D eigenvalue weighted by Crippen LogP contribution is 2.03. The van der Waals surface area contributed by atoms with Crippen molar-refractivity contribution in [3.63, 3.8) is 0 Å². The van der Waals surface area contributed by atoms with Crippen LogP contribution in [0.2, 0.25) is 0 Å². The van der Waals surface area contributed by atoms with Gasteiger partial charge in [-0.3, -0.25) is 24.2 Å². The van der Waals surface area contributed by atoms with Crippen molar-refractivity contribution >= 4 is 35.6 Å². The molecule has 0 bridgehead atoms. The first kappa shape index (κ1) is 27.5. The van der Waals surface area contributed by atoms with Gasteiger partial charge in [0.1, 0.15) is 18.1 Å². The van der Waals surface area contributed by atoms with Crippen molar-refractivity contribution in [3.05, 3.63) is 0 Å². The van der Waals surface area contributed by atoms with Gasteiger partial charge in [0, 0.05) is 6.54 Å². The summed E-state index contributed by atoms with van der Waals surface area (Å²) in [5.74, 6) is -5.21. The topological polar surface area (TPSA) is 278 Å². The Morgan fingerprint density at radius 1 is 0.968 bits per heavy atom.